The number of hydrogen-bond acceptors (Lipinski definition) is 2. The maximum Gasteiger partial charge on any atom is 0.316 e. The minimum Gasteiger partial charge on any atom is -0.480 e. The monoisotopic (exact) mass is 236 g/mol. The molecule has 1 atom stereocenters. The third-order valence-corrected chi connectivity index (χ3v) is 4.50. The second kappa shape index (κ2) is 5.39. The largest absolute Gasteiger partial charge is 0.480 e. The molecule has 86 valence electrons. The van der Waals surface area contributed by atoms with Crippen LogP contribution >= 0.6 is 11.8 Å². The van der Waals surface area contributed by atoms with Crippen molar-refractivity contribution < 1.29 is 9.90 Å². The molecule has 16 heavy (non-hydrogen) atoms. The summed E-state index contributed by atoms with van der Waals surface area (Å²) >= 11 is 1.63. The molecule has 0 aliphatic heterocycles. The predicted molar refractivity (Wildman–Crippen MR) is 66.8 cm³/mol. The van der Waals surface area contributed by atoms with Gasteiger partial charge in [-0.25, -0.2) is 0 Å². The van der Waals surface area contributed by atoms with Crippen molar-refractivity contribution in [3.63, 3.8) is 0 Å². The first-order chi connectivity index (χ1) is 7.75. The minimum atomic E-state index is -0.680. The van der Waals surface area contributed by atoms with Gasteiger partial charge >= 0.3 is 5.97 Å². The van der Waals surface area contributed by atoms with Gasteiger partial charge in [0.2, 0.25) is 0 Å². The first-order valence-electron chi connectivity index (χ1n) is 5.68. The summed E-state index contributed by atoms with van der Waals surface area (Å²) in [6, 6.07) is 9.87. The Balaban J connectivity index is 1.94. The minimum absolute atomic E-state index is 0.285. The highest BCUT2D eigenvalue weighted by molar-refractivity contribution is 8.01. The highest BCUT2D eigenvalue weighted by Crippen LogP contribution is 2.35. The van der Waals surface area contributed by atoms with Crippen LogP contribution in [0.5, 0.6) is 0 Å². The molecule has 1 unspecified atom stereocenters. The number of carbonyl (C=O) groups is 1. The van der Waals surface area contributed by atoms with E-state index < -0.39 is 5.97 Å². The number of carboxylic acids is 1. The van der Waals surface area contributed by atoms with Crippen LogP contribution in [0.1, 0.15) is 24.8 Å². The Kier molecular flexibility index (Phi) is 3.88. The lowest BCUT2D eigenvalue weighted by molar-refractivity contribution is -0.136. The lowest BCUT2D eigenvalue weighted by Crippen LogP contribution is -2.25. The maximum atomic E-state index is 11.2. The summed E-state index contributed by atoms with van der Waals surface area (Å²) in [6.07, 6.45) is 4.26. The summed E-state index contributed by atoms with van der Waals surface area (Å²) < 4.78 is 0. The SMILES string of the molecule is O=C(O)C(Cc1ccccc1)SC1CCC1. The van der Waals surface area contributed by atoms with Crippen molar-refractivity contribution >= 4 is 17.7 Å². The fraction of sp³-hybridized carbons (Fsp3) is 0.462. The van der Waals surface area contributed by atoms with E-state index in [1.54, 1.807) is 11.8 Å². The molecule has 1 aliphatic rings. The third kappa shape index (κ3) is 3.01. The van der Waals surface area contributed by atoms with Crippen molar-refractivity contribution in [1.29, 1.82) is 0 Å². The van der Waals surface area contributed by atoms with Crippen LogP contribution in [0.2, 0.25) is 0 Å². The van der Waals surface area contributed by atoms with Crippen molar-refractivity contribution in [3.05, 3.63) is 35.9 Å². The lowest BCUT2D eigenvalue weighted by atomic mass is 10.00. The van der Waals surface area contributed by atoms with Gasteiger partial charge in [-0.3, -0.25) is 4.79 Å². The third-order valence-electron chi connectivity index (χ3n) is 2.95. The molecule has 0 aromatic heterocycles. The summed E-state index contributed by atoms with van der Waals surface area (Å²) in [6.45, 7) is 0. The molecule has 0 heterocycles. The molecule has 0 spiro atoms. The molecule has 1 saturated carbocycles. The smallest absolute Gasteiger partial charge is 0.316 e. The highest BCUT2D eigenvalue weighted by atomic mass is 32.2. The fourth-order valence-corrected chi connectivity index (χ4v) is 3.24. The first-order valence-corrected chi connectivity index (χ1v) is 6.62. The van der Waals surface area contributed by atoms with E-state index in [1.807, 2.05) is 30.3 Å². The fourth-order valence-electron chi connectivity index (χ4n) is 1.76. The van der Waals surface area contributed by atoms with Crippen LogP contribution in [0, 0.1) is 0 Å². The molecule has 1 aliphatic carbocycles. The van der Waals surface area contributed by atoms with E-state index >= 15 is 0 Å². The summed E-state index contributed by atoms with van der Waals surface area (Å²) in [4.78, 5) is 11.2. The summed E-state index contributed by atoms with van der Waals surface area (Å²) in [7, 11) is 0. The van der Waals surface area contributed by atoms with Gasteiger partial charge in [-0.2, -0.15) is 0 Å². The molecule has 0 bridgehead atoms. The Morgan fingerprint density at radius 2 is 2.06 bits per heavy atom. The molecule has 2 nitrogen and oxygen atoms in total. The van der Waals surface area contributed by atoms with Crippen molar-refractivity contribution in [1.82, 2.24) is 0 Å². The second-order valence-electron chi connectivity index (χ2n) is 4.21. The standard InChI is InChI=1S/C13H16O2S/c14-13(15)12(16-11-7-4-8-11)9-10-5-2-1-3-6-10/h1-3,5-6,11-12H,4,7-9H2,(H,14,15). The Labute approximate surface area is 100 Å². The van der Waals surface area contributed by atoms with Crippen LogP contribution < -0.4 is 0 Å². The van der Waals surface area contributed by atoms with Crippen LogP contribution in [-0.4, -0.2) is 21.6 Å². The molecule has 1 fully saturated rings. The van der Waals surface area contributed by atoms with E-state index in [1.165, 1.54) is 19.3 Å². The van der Waals surface area contributed by atoms with Gasteiger partial charge in [-0.1, -0.05) is 36.8 Å². The molecule has 0 radical (unpaired) electrons. The molecular formula is C13H16O2S. The molecule has 0 amide bonds. The molecular weight excluding hydrogens is 220 g/mol. The summed E-state index contributed by atoms with van der Waals surface area (Å²) in [5.41, 5.74) is 1.11. The number of aliphatic carboxylic acids is 1. The van der Waals surface area contributed by atoms with E-state index in [4.69, 9.17) is 0 Å². The second-order valence-corrected chi connectivity index (χ2v) is 5.71. The van der Waals surface area contributed by atoms with Crippen LogP contribution in [0.4, 0.5) is 0 Å². The van der Waals surface area contributed by atoms with Crippen LogP contribution in [-0.2, 0) is 11.2 Å². The van der Waals surface area contributed by atoms with Crippen LogP contribution in [0.3, 0.4) is 0 Å². The van der Waals surface area contributed by atoms with Gasteiger partial charge in [0.05, 0.1) is 0 Å². The van der Waals surface area contributed by atoms with Gasteiger partial charge in [0.1, 0.15) is 5.25 Å². The quantitative estimate of drug-likeness (QED) is 0.854. The van der Waals surface area contributed by atoms with Gasteiger partial charge in [0.15, 0.2) is 0 Å². The Morgan fingerprint density at radius 1 is 1.38 bits per heavy atom. The van der Waals surface area contributed by atoms with Gasteiger partial charge in [0.25, 0.3) is 0 Å². The molecule has 0 saturated heterocycles. The van der Waals surface area contributed by atoms with Gasteiger partial charge in [-0.15, -0.1) is 11.8 Å². The van der Waals surface area contributed by atoms with E-state index in [-0.39, 0.29) is 5.25 Å². The number of benzene rings is 1. The van der Waals surface area contributed by atoms with Crippen LogP contribution in [0.15, 0.2) is 30.3 Å². The van der Waals surface area contributed by atoms with Crippen molar-refractivity contribution in [2.75, 3.05) is 0 Å². The van der Waals surface area contributed by atoms with Crippen molar-refractivity contribution in [3.8, 4) is 0 Å². The molecule has 1 aromatic carbocycles. The zero-order chi connectivity index (χ0) is 11.4. The topological polar surface area (TPSA) is 37.3 Å². The number of carboxylic acid groups (broad SMARTS) is 1. The predicted octanol–water partition coefficient (Wildman–Crippen LogP) is 2.97. The number of hydrogen-bond donors (Lipinski definition) is 1. The molecule has 2 rings (SSSR count). The van der Waals surface area contributed by atoms with E-state index in [2.05, 4.69) is 0 Å². The number of rotatable bonds is 5. The Morgan fingerprint density at radius 3 is 2.56 bits per heavy atom. The summed E-state index contributed by atoms with van der Waals surface area (Å²) in [5, 5.41) is 9.47. The normalized spacial score (nSPS) is 17.8. The highest BCUT2D eigenvalue weighted by Gasteiger charge is 2.26. The van der Waals surface area contributed by atoms with Crippen LogP contribution in [0.25, 0.3) is 0 Å². The maximum absolute atomic E-state index is 11.2. The van der Waals surface area contributed by atoms with E-state index in [0.717, 1.165) is 5.56 Å². The zero-order valence-electron chi connectivity index (χ0n) is 9.13. The van der Waals surface area contributed by atoms with Crippen molar-refractivity contribution in [2.45, 2.75) is 36.2 Å². The first kappa shape index (κ1) is 11.5. The number of thioether (sulfide) groups is 1. The molecule has 1 aromatic rings. The van der Waals surface area contributed by atoms with E-state index in [9.17, 15) is 9.90 Å². The Hall–Kier alpha value is -0.960. The van der Waals surface area contributed by atoms with Gasteiger partial charge in [0, 0.05) is 5.25 Å². The molecule has 1 N–H and O–H groups in total. The molecule has 3 heteroatoms. The van der Waals surface area contributed by atoms with Gasteiger partial charge < -0.3 is 5.11 Å². The zero-order valence-corrected chi connectivity index (χ0v) is 9.95. The summed E-state index contributed by atoms with van der Waals surface area (Å²) in [5.74, 6) is -0.680. The average molecular weight is 236 g/mol. The van der Waals surface area contributed by atoms with Gasteiger partial charge in [-0.05, 0) is 24.8 Å². The lowest BCUT2D eigenvalue weighted by Gasteiger charge is -2.27. The average Bonchev–Trinajstić information content (AvgIpc) is 2.22. The van der Waals surface area contributed by atoms with E-state index in [0.29, 0.717) is 11.7 Å². The Bertz CT molecular complexity index is 346. The van der Waals surface area contributed by atoms with Crippen molar-refractivity contribution in [2.24, 2.45) is 0 Å².